The molecule has 0 aliphatic carbocycles. The van der Waals surface area contributed by atoms with Gasteiger partial charge in [-0.3, -0.25) is 9.69 Å². The minimum atomic E-state index is 0. The Morgan fingerprint density at radius 1 is 1.25 bits per heavy atom. The summed E-state index contributed by atoms with van der Waals surface area (Å²) in [5.74, 6) is 1.07. The van der Waals surface area contributed by atoms with Crippen molar-refractivity contribution in [2.45, 2.75) is 32.7 Å². The SMILES string of the molecule is CCN(Cc1ccccc1)C(=O)CN1CCC(CCNC)CC1.Cl. The highest BCUT2D eigenvalue weighted by Gasteiger charge is 2.22. The maximum absolute atomic E-state index is 12.6. The number of carbonyl (C=O) groups is 1. The minimum absolute atomic E-state index is 0. The maximum Gasteiger partial charge on any atom is 0.237 e. The van der Waals surface area contributed by atoms with Crippen LogP contribution in [0.25, 0.3) is 0 Å². The summed E-state index contributed by atoms with van der Waals surface area (Å²) in [4.78, 5) is 16.9. The lowest BCUT2D eigenvalue weighted by Crippen LogP contribution is -2.43. The summed E-state index contributed by atoms with van der Waals surface area (Å²) in [5, 5.41) is 3.23. The first-order chi connectivity index (χ1) is 11.2. The Kier molecular flexibility index (Phi) is 9.99. The van der Waals surface area contributed by atoms with Crippen LogP contribution in [0.15, 0.2) is 30.3 Å². The van der Waals surface area contributed by atoms with Crippen LogP contribution in [0.2, 0.25) is 0 Å². The van der Waals surface area contributed by atoms with Crippen LogP contribution in [0, 0.1) is 5.92 Å². The molecule has 136 valence electrons. The number of piperidine rings is 1. The fourth-order valence-corrected chi connectivity index (χ4v) is 3.25. The van der Waals surface area contributed by atoms with Gasteiger partial charge in [-0.25, -0.2) is 0 Å². The van der Waals surface area contributed by atoms with Gasteiger partial charge in [-0.15, -0.1) is 12.4 Å². The van der Waals surface area contributed by atoms with Gasteiger partial charge < -0.3 is 10.2 Å². The van der Waals surface area contributed by atoms with Crippen LogP contribution in [0.4, 0.5) is 0 Å². The van der Waals surface area contributed by atoms with Crippen molar-refractivity contribution >= 4 is 18.3 Å². The van der Waals surface area contributed by atoms with E-state index in [0.717, 1.165) is 38.6 Å². The van der Waals surface area contributed by atoms with Gasteiger partial charge in [0.15, 0.2) is 0 Å². The maximum atomic E-state index is 12.6. The number of hydrogen-bond donors (Lipinski definition) is 1. The molecule has 1 heterocycles. The zero-order chi connectivity index (χ0) is 16.5. The average Bonchev–Trinajstić information content (AvgIpc) is 2.60. The number of rotatable bonds is 8. The smallest absolute Gasteiger partial charge is 0.237 e. The molecule has 1 aliphatic heterocycles. The van der Waals surface area contributed by atoms with E-state index in [1.807, 2.05) is 30.1 Å². The number of likely N-dealkylation sites (N-methyl/N-ethyl adjacent to an activating group) is 1. The van der Waals surface area contributed by atoms with Crippen molar-refractivity contribution < 1.29 is 4.79 Å². The molecule has 0 unspecified atom stereocenters. The molecule has 4 nitrogen and oxygen atoms in total. The zero-order valence-corrected chi connectivity index (χ0v) is 15.9. The molecule has 1 saturated heterocycles. The Morgan fingerprint density at radius 3 is 2.50 bits per heavy atom. The second-order valence-electron chi connectivity index (χ2n) is 6.51. The van der Waals surface area contributed by atoms with Crippen molar-refractivity contribution in [3.8, 4) is 0 Å². The quantitative estimate of drug-likeness (QED) is 0.780. The molecule has 1 aliphatic rings. The second-order valence-corrected chi connectivity index (χ2v) is 6.51. The number of nitrogens with zero attached hydrogens (tertiary/aromatic N) is 2. The van der Waals surface area contributed by atoms with E-state index in [4.69, 9.17) is 0 Å². The van der Waals surface area contributed by atoms with Gasteiger partial charge in [-0.1, -0.05) is 30.3 Å². The Balaban J connectivity index is 0.00000288. The lowest BCUT2D eigenvalue weighted by atomic mass is 9.93. The van der Waals surface area contributed by atoms with Gasteiger partial charge in [-0.2, -0.15) is 0 Å². The second kappa shape index (κ2) is 11.5. The van der Waals surface area contributed by atoms with Gasteiger partial charge in [0, 0.05) is 13.1 Å². The molecule has 0 aromatic heterocycles. The zero-order valence-electron chi connectivity index (χ0n) is 15.0. The molecule has 24 heavy (non-hydrogen) atoms. The Labute approximate surface area is 153 Å². The van der Waals surface area contributed by atoms with Crippen LogP contribution in [0.1, 0.15) is 31.7 Å². The first-order valence-electron chi connectivity index (χ1n) is 8.91. The standard InChI is InChI=1S/C19H31N3O.ClH/c1-3-22(15-18-7-5-4-6-8-18)19(23)16-21-13-10-17(11-14-21)9-12-20-2;/h4-8,17,20H,3,9-16H2,1-2H3;1H. The van der Waals surface area contributed by atoms with Crippen LogP contribution in [-0.4, -0.2) is 55.5 Å². The average molecular weight is 354 g/mol. The Hall–Kier alpha value is -1.10. The first kappa shape index (κ1) is 20.9. The summed E-state index contributed by atoms with van der Waals surface area (Å²) in [5.41, 5.74) is 1.20. The van der Waals surface area contributed by atoms with Crippen LogP contribution in [-0.2, 0) is 11.3 Å². The molecule has 1 N–H and O–H groups in total. The van der Waals surface area contributed by atoms with Crippen LogP contribution < -0.4 is 5.32 Å². The van der Waals surface area contributed by atoms with Crippen molar-refractivity contribution in [3.63, 3.8) is 0 Å². The minimum Gasteiger partial charge on any atom is -0.338 e. The van der Waals surface area contributed by atoms with E-state index in [2.05, 4.69) is 29.3 Å². The first-order valence-corrected chi connectivity index (χ1v) is 8.91. The molecule has 1 aromatic rings. The van der Waals surface area contributed by atoms with Gasteiger partial charge in [0.05, 0.1) is 6.54 Å². The van der Waals surface area contributed by atoms with E-state index < -0.39 is 0 Å². The topological polar surface area (TPSA) is 35.6 Å². The molecule has 1 aromatic carbocycles. The fourth-order valence-electron chi connectivity index (χ4n) is 3.25. The van der Waals surface area contributed by atoms with Crippen molar-refractivity contribution in [1.29, 1.82) is 0 Å². The molecule has 1 fully saturated rings. The van der Waals surface area contributed by atoms with Gasteiger partial charge >= 0.3 is 0 Å². The van der Waals surface area contributed by atoms with E-state index in [-0.39, 0.29) is 18.3 Å². The summed E-state index contributed by atoms with van der Waals surface area (Å²) < 4.78 is 0. The monoisotopic (exact) mass is 353 g/mol. The number of carbonyl (C=O) groups excluding carboxylic acids is 1. The lowest BCUT2D eigenvalue weighted by molar-refractivity contribution is -0.133. The van der Waals surface area contributed by atoms with Gasteiger partial charge in [0.25, 0.3) is 0 Å². The van der Waals surface area contributed by atoms with Crippen molar-refractivity contribution in [1.82, 2.24) is 15.1 Å². The largest absolute Gasteiger partial charge is 0.338 e. The normalized spacial score (nSPS) is 15.8. The summed E-state index contributed by atoms with van der Waals surface area (Å²) in [6.45, 7) is 7.34. The van der Waals surface area contributed by atoms with E-state index >= 15 is 0 Å². The molecule has 0 radical (unpaired) electrons. The van der Waals surface area contributed by atoms with Gasteiger partial charge in [0.1, 0.15) is 0 Å². The molecule has 2 rings (SSSR count). The van der Waals surface area contributed by atoms with E-state index in [0.29, 0.717) is 6.54 Å². The highest BCUT2D eigenvalue weighted by atomic mass is 35.5. The molecule has 5 heteroatoms. The molecule has 0 atom stereocenters. The molecule has 0 saturated carbocycles. The van der Waals surface area contributed by atoms with Crippen molar-refractivity contribution in [2.24, 2.45) is 5.92 Å². The molecule has 0 bridgehead atoms. The van der Waals surface area contributed by atoms with Crippen molar-refractivity contribution in [3.05, 3.63) is 35.9 Å². The highest BCUT2D eigenvalue weighted by molar-refractivity contribution is 5.85. The van der Waals surface area contributed by atoms with Crippen LogP contribution >= 0.6 is 12.4 Å². The lowest BCUT2D eigenvalue weighted by Gasteiger charge is -2.33. The third kappa shape index (κ3) is 6.80. The van der Waals surface area contributed by atoms with E-state index in [9.17, 15) is 4.79 Å². The van der Waals surface area contributed by atoms with E-state index in [1.165, 1.54) is 24.8 Å². The molecule has 0 spiro atoms. The number of amides is 1. The Bertz CT molecular complexity index is 461. The van der Waals surface area contributed by atoms with Crippen molar-refractivity contribution in [2.75, 3.05) is 39.8 Å². The molecule has 1 amide bonds. The van der Waals surface area contributed by atoms with E-state index in [1.54, 1.807) is 0 Å². The third-order valence-electron chi connectivity index (χ3n) is 4.82. The number of nitrogens with one attached hydrogen (secondary N) is 1. The highest BCUT2D eigenvalue weighted by Crippen LogP contribution is 2.20. The predicted octanol–water partition coefficient (Wildman–Crippen LogP) is 2.78. The number of likely N-dealkylation sites (tertiary alicyclic amines) is 1. The predicted molar refractivity (Wildman–Crippen MR) is 102 cm³/mol. The van der Waals surface area contributed by atoms with Gasteiger partial charge in [-0.05, 0) is 64.3 Å². The molecular weight excluding hydrogens is 322 g/mol. The van der Waals surface area contributed by atoms with Crippen LogP contribution in [0.3, 0.4) is 0 Å². The summed E-state index contributed by atoms with van der Waals surface area (Å²) in [7, 11) is 2.01. The van der Waals surface area contributed by atoms with Crippen LogP contribution in [0.5, 0.6) is 0 Å². The third-order valence-corrected chi connectivity index (χ3v) is 4.82. The fraction of sp³-hybridized carbons (Fsp3) is 0.632. The summed E-state index contributed by atoms with van der Waals surface area (Å²) >= 11 is 0. The molecular formula is C19H32ClN3O. The van der Waals surface area contributed by atoms with Gasteiger partial charge in [0.2, 0.25) is 5.91 Å². The Morgan fingerprint density at radius 2 is 1.92 bits per heavy atom. The summed E-state index contributed by atoms with van der Waals surface area (Å²) in [6.07, 6.45) is 3.70. The summed E-state index contributed by atoms with van der Waals surface area (Å²) in [6, 6.07) is 10.2. The number of benzene rings is 1. The number of halogens is 1. The number of hydrogen-bond acceptors (Lipinski definition) is 3.